The third-order valence-corrected chi connectivity index (χ3v) is 3.39. The summed E-state index contributed by atoms with van der Waals surface area (Å²) in [6, 6.07) is 12.5. The summed E-state index contributed by atoms with van der Waals surface area (Å²) >= 11 is 0. The molecule has 0 saturated heterocycles. The fourth-order valence-electron chi connectivity index (χ4n) is 2.21. The van der Waals surface area contributed by atoms with Crippen molar-refractivity contribution in [2.24, 2.45) is 0 Å². The number of methoxy groups -OCH3 is 1. The molecule has 2 N–H and O–H groups in total. The van der Waals surface area contributed by atoms with E-state index in [1.165, 1.54) is 0 Å². The number of fused-ring (bicyclic) bond motifs is 1. The van der Waals surface area contributed by atoms with E-state index in [0.29, 0.717) is 23.4 Å². The van der Waals surface area contributed by atoms with Gasteiger partial charge in [-0.05, 0) is 35.3 Å². The molecule has 0 aliphatic rings. The monoisotopic (exact) mass is 298 g/mol. The molecule has 0 amide bonds. The number of hydrogen-bond acceptors (Lipinski definition) is 5. The Labute approximate surface area is 127 Å². The maximum atomic E-state index is 9.34. The predicted molar refractivity (Wildman–Crippen MR) is 83.4 cm³/mol. The summed E-state index contributed by atoms with van der Waals surface area (Å²) in [5.41, 5.74) is 1.91. The lowest BCUT2D eigenvalue weighted by molar-refractivity contribution is 0.305. The Balaban J connectivity index is 1.84. The van der Waals surface area contributed by atoms with Gasteiger partial charge in [0.15, 0.2) is 11.3 Å². The van der Waals surface area contributed by atoms with E-state index in [1.54, 1.807) is 31.6 Å². The molecule has 1 aromatic heterocycles. The lowest BCUT2D eigenvalue weighted by Gasteiger charge is -2.09. The van der Waals surface area contributed by atoms with Crippen LogP contribution in [0, 0.1) is 0 Å². The summed E-state index contributed by atoms with van der Waals surface area (Å²) in [5.74, 6) is 1.25. The maximum Gasteiger partial charge on any atom is 0.488 e. The van der Waals surface area contributed by atoms with Crippen LogP contribution in [0.15, 0.2) is 53.1 Å². The van der Waals surface area contributed by atoms with Gasteiger partial charge in [-0.25, -0.2) is 0 Å². The minimum Gasteiger partial charge on any atom is -0.497 e. The second-order valence-corrected chi connectivity index (χ2v) is 4.87. The minimum absolute atomic E-state index is 0.338. The molecular formula is C16H15BO5. The predicted octanol–water partition coefficient (Wildman–Crippen LogP) is 1.70. The summed E-state index contributed by atoms with van der Waals surface area (Å²) in [7, 11) is 0.0628. The number of ether oxygens (including phenoxy) is 2. The van der Waals surface area contributed by atoms with Gasteiger partial charge in [0, 0.05) is 5.39 Å². The van der Waals surface area contributed by atoms with Crippen LogP contribution in [0.1, 0.15) is 5.56 Å². The van der Waals surface area contributed by atoms with Crippen LogP contribution in [0.2, 0.25) is 0 Å². The summed E-state index contributed by atoms with van der Waals surface area (Å²) < 4.78 is 16.3. The van der Waals surface area contributed by atoms with Crippen molar-refractivity contribution in [3.63, 3.8) is 0 Å². The zero-order valence-corrected chi connectivity index (χ0v) is 12.0. The van der Waals surface area contributed by atoms with E-state index < -0.39 is 7.12 Å². The smallest absolute Gasteiger partial charge is 0.488 e. The lowest BCUT2D eigenvalue weighted by atomic mass is 9.80. The number of benzene rings is 2. The third kappa shape index (κ3) is 2.93. The van der Waals surface area contributed by atoms with Gasteiger partial charge in [0.25, 0.3) is 0 Å². The highest BCUT2D eigenvalue weighted by atomic mass is 16.5. The van der Waals surface area contributed by atoms with Gasteiger partial charge in [0.2, 0.25) is 0 Å². The maximum absolute atomic E-state index is 9.34. The first-order valence-corrected chi connectivity index (χ1v) is 6.80. The van der Waals surface area contributed by atoms with Gasteiger partial charge < -0.3 is 23.9 Å². The topological polar surface area (TPSA) is 72.1 Å². The fraction of sp³-hybridized carbons (Fsp3) is 0.125. The minimum atomic E-state index is -1.55. The third-order valence-electron chi connectivity index (χ3n) is 3.39. The molecule has 22 heavy (non-hydrogen) atoms. The van der Waals surface area contributed by atoms with Crippen LogP contribution in [0.25, 0.3) is 11.0 Å². The van der Waals surface area contributed by atoms with Gasteiger partial charge >= 0.3 is 7.12 Å². The second kappa shape index (κ2) is 6.13. The summed E-state index contributed by atoms with van der Waals surface area (Å²) in [5, 5.41) is 19.4. The van der Waals surface area contributed by atoms with Crippen molar-refractivity contribution in [1.82, 2.24) is 0 Å². The molecule has 0 saturated carbocycles. The molecule has 6 heteroatoms. The Kier molecular flexibility index (Phi) is 4.04. The zero-order valence-electron chi connectivity index (χ0n) is 12.0. The Morgan fingerprint density at radius 3 is 2.55 bits per heavy atom. The molecule has 0 radical (unpaired) electrons. The van der Waals surface area contributed by atoms with E-state index in [1.807, 2.05) is 24.3 Å². The van der Waals surface area contributed by atoms with E-state index in [9.17, 15) is 10.0 Å². The Hall–Kier alpha value is -2.44. The first kappa shape index (κ1) is 14.5. The van der Waals surface area contributed by atoms with Crippen molar-refractivity contribution in [1.29, 1.82) is 0 Å². The van der Waals surface area contributed by atoms with Crippen LogP contribution in [-0.4, -0.2) is 24.3 Å². The van der Waals surface area contributed by atoms with Crippen molar-refractivity contribution in [3.8, 4) is 11.5 Å². The summed E-state index contributed by atoms with van der Waals surface area (Å²) in [6.45, 7) is 0.338. The number of hydrogen-bond donors (Lipinski definition) is 2. The molecule has 3 rings (SSSR count). The highest BCUT2D eigenvalue weighted by Crippen LogP contribution is 2.26. The van der Waals surface area contributed by atoms with Gasteiger partial charge in [-0.15, -0.1) is 0 Å². The van der Waals surface area contributed by atoms with E-state index in [4.69, 9.17) is 13.9 Å². The molecule has 3 aromatic rings. The van der Waals surface area contributed by atoms with Crippen LogP contribution in [0.5, 0.6) is 11.5 Å². The second-order valence-electron chi connectivity index (χ2n) is 4.87. The molecule has 2 aromatic carbocycles. The molecule has 0 bridgehead atoms. The van der Waals surface area contributed by atoms with Gasteiger partial charge in [0.05, 0.1) is 13.4 Å². The summed E-state index contributed by atoms with van der Waals surface area (Å²) in [6.07, 6.45) is 1.54. The van der Waals surface area contributed by atoms with Gasteiger partial charge in [-0.2, -0.15) is 0 Å². The van der Waals surface area contributed by atoms with Crippen molar-refractivity contribution in [3.05, 3.63) is 54.3 Å². The Morgan fingerprint density at radius 1 is 1.09 bits per heavy atom. The fourth-order valence-corrected chi connectivity index (χ4v) is 2.21. The largest absolute Gasteiger partial charge is 0.497 e. The highest BCUT2D eigenvalue weighted by Gasteiger charge is 2.16. The van der Waals surface area contributed by atoms with Crippen LogP contribution in [-0.2, 0) is 6.61 Å². The molecule has 0 atom stereocenters. The van der Waals surface area contributed by atoms with Crippen LogP contribution >= 0.6 is 0 Å². The Morgan fingerprint density at radius 2 is 1.86 bits per heavy atom. The molecular weight excluding hydrogens is 283 g/mol. The van der Waals surface area contributed by atoms with E-state index in [0.717, 1.165) is 16.7 Å². The molecule has 0 unspecified atom stereocenters. The molecule has 5 nitrogen and oxygen atoms in total. The van der Waals surface area contributed by atoms with Crippen molar-refractivity contribution in [2.45, 2.75) is 6.61 Å². The molecule has 1 heterocycles. The quantitative estimate of drug-likeness (QED) is 0.701. The van der Waals surface area contributed by atoms with Gasteiger partial charge in [-0.3, -0.25) is 0 Å². The van der Waals surface area contributed by atoms with E-state index in [-0.39, 0.29) is 0 Å². The van der Waals surface area contributed by atoms with Crippen molar-refractivity contribution >= 4 is 23.6 Å². The average molecular weight is 298 g/mol. The first-order valence-electron chi connectivity index (χ1n) is 6.80. The Bertz CT molecular complexity index is 764. The van der Waals surface area contributed by atoms with Gasteiger partial charge in [0.1, 0.15) is 12.4 Å². The molecule has 112 valence electrons. The molecule has 0 aliphatic carbocycles. The standard InChI is InChI=1S/C16H15BO5/c1-20-14-4-2-11(3-5-14)10-22-15-9-13(17(18)19)8-12-6-7-21-16(12)15/h2-9,18-19H,10H2,1H3. The van der Waals surface area contributed by atoms with Crippen molar-refractivity contribution in [2.75, 3.05) is 7.11 Å². The van der Waals surface area contributed by atoms with E-state index in [2.05, 4.69) is 0 Å². The normalized spacial score (nSPS) is 10.7. The average Bonchev–Trinajstić information content (AvgIpc) is 3.01. The number of rotatable bonds is 5. The zero-order chi connectivity index (χ0) is 15.5. The van der Waals surface area contributed by atoms with Crippen LogP contribution in [0.3, 0.4) is 0 Å². The number of furan rings is 1. The highest BCUT2D eigenvalue weighted by molar-refractivity contribution is 6.59. The molecule has 0 fully saturated rings. The SMILES string of the molecule is COc1ccc(COc2cc(B(O)O)cc3ccoc23)cc1. The first-order chi connectivity index (χ1) is 10.7. The lowest BCUT2D eigenvalue weighted by Crippen LogP contribution is -2.29. The summed E-state index contributed by atoms with van der Waals surface area (Å²) in [4.78, 5) is 0. The van der Waals surface area contributed by atoms with E-state index >= 15 is 0 Å². The van der Waals surface area contributed by atoms with Crippen LogP contribution < -0.4 is 14.9 Å². The van der Waals surface area contributed by atoms with Crippen molar-refractivity contribution < 1.29 is 23.9 Å². The van der Waals surface area contributed by atoms with Gasteiger partial charge in [-0.1, -0.05) is 18.2 Å². The molecule has 0 spiro atoms. The van der Waals surface area contributed by atoms with Crippen LogP contribution in [0.4, 0.5) is 0 Å². The molecule has 0 aliphatic heterocycles.